The smallest absolute Gasteiger partial charge is 0.338 e. The van der Waals surface area contributed by atoms with Crippen LogP contribution in [0.3, 0.4) is 0 Å². The van der Waals surface area contributed by atoms with Gasteiger partial charge in [0.05, 0.1) is 31.2 Å². The number of carbonyl (C=O) groups is 2. The Bertz CT molecular complexity index is 1750. The number of aromatic carboxylic acids is 1. The fraction of sp³-hybridized carbons (Fsp3) is 0.152. The number of aromatic nitrogens is 1. The van der Waals surface area contributed by atoms with Crippen LogP contribution in [-0.4, -0.2) is 34.3 Å². The van der Waals surface area contributed by atoms with Gasteiger partial charge in [-0.05, 0) is 68.8 Å². The Morgan fingerprint density at radius 3 is 1.88 bits per heavy atom. The summed E-state index contributed by atoms with van der Waals surface area (Å²) in [6, 6.07) is 25.8. The van der Waals surface area contributed by atoms with Crippen LogP contribution in [0.5, 0.6) is 0 Å². The molecule has 0 bridgehead atoms. The molecule has 0 spiro atoms. The molecule has 42 heavy (non-hydrogen) atoms. The Hall–Kier alpha value is -3.48. The fourth-order valence-corrected chi connectivity index (χ4v) is 5.79. The summed E-state index contributed by atoms with van der Waals surface area (Å²) in [6.45, 7) is 7.86. The van der Waals surface area contributed by atoms with Crippen molar-refractivity contribution in [2.75, 3.05) is 18.0 Å². The van der Waals surface area contributed by atoms with E-state index in [0.29, 0.717) is 0 Å². The van der Waals surface area contributed by atoms with Gasteiger partial charge in [0.2, 0.25) is 0 Å². The molecule has 0 amide bonds. The van der Waals surface area contributed by atoms with Crippen LogP contribution in [-0.2, 0) is 0 Å². The van der Waals surface area contributed by atoms with Crippen molar-refractivity contribution in [1.29, 1.82) is 0 Å². The first-order valence-corrected chi connectivity index (χ1v) is 14.7. The molecule has 0 aliphatic heterocycles. The second-order valence-corrected chi connectivity index (χ2v) is 10.9. The van der Waals surface area contributed by atoms with E-state index in [1.807, 2.05) is 13.8 Å². The number of carbonyl (C=O) groups excluding carboxylic acids is 1. The van der Waals surface area contributed by atoms with Crippen LogP contribution >= 0.6 is 46.4 Å². The number of hydrogen-bond acceptors (Lipinski definition) is 3. The predicted molar refractivity (Wildman–Crippen MR) is 174 cm³/mol. The molecule has 0 atom stereocenters. The Kier molecular flexibility index (Phi) is 10.2. The lowest BCUT2D eigenvalue weighted by atomic mass is 9.97. The quantitative estimate of drug-likeness (QED) is 0.109. The molecule has 0 saturated carbocycles. The number of aryl methyl sites for hydroxylation is 1. The van der Waals surface area contributed by atoms with E-state index in [-0.39, 0.29) is 31.2 Å². The maximum atomic E-state index is 12.9. The van der Waals surface area contributed by atoms with Gasteiger partial charge in [-0.1, -0.05) is 82.8 Å². The van der Waals surface area contributed by atoms with Crippen LogP contribution in [0.1, 0.15) is 45.8 Å². The average molecular weight is 642 g/mol. The number of anilines is 1. The molecule has 216 valence electrons. The number of benzene rings is 3. The minimum absolute atomic E-state index is 0.161. The van der Waals surface area contributed by atoms with Crippen molar-refractivity contribution < 1.29 is 14.7 Å². The Balaban J connectivity index is 0.000000214. The van der Waals surface area contributed by atoms with Crippen LogP contribution in [0.15, 0.2) is 85.1 Å². The first kappa shape index (κ1) is 31.5. The number of pyridine rings is 1. The standard InChI is InChI=1S/C18H15Cl4NO3.C15H13N/c1-3-23(4-2)10-7-5-9(6-8-10)17(24)11-12(18(25)26)14(20)16(22)15(21)13(11)19;1-12-15(13-7-3-2-4-8-13)11-14-9-5-6-10-16(12)14/h5-8H,3-4H2,1-2H3,(H,25,26);2-11H,1H3. The molecule has 5 rings (SSSR count). The molecule has 1 N–H and O–H groups in total. The summed E-state index contributed by atoms with van der Waals surface area (Å²) in [7, 11) is 0. The highest BCUT2D eigenvalue weighted by atomic mass is 35.5. The van der Waals surface area contributed by atoms with Crippen LogP contribution in [0, 0.1) is 6.92 Å². The summed E-state index contributed by atoms with van der Waals surface area (Å²) in [5.41, 5.74) is 5.59. The van der Waals surface area contributed by atoms with Crippen LogP contribution in [0.25, 0.3) is 16.6 Å². The highest BCUT2D eigenvalue weighted by molar-refractivity contribution is 6.54. The third kappa shape index (κ3) is 6.30. The lowest BCUT2D eigenvalue weighted by Gasteiger charge is -2.21. The lowest BCUT2D eigenvalue weighted by Crippen LogP contribution is -2.21. The van der Waals surface area contributed by atoms with E-state index >= 15 is 0 Å². The van der Waals surface area contributed by atoms with Crippen LogP contribution in [0.4, 0.5) is 5.69 Å². The Morgan fingerprint density at radius 2 is 1.33 bits per heavy atom. The topological polar surface area (TPSA) is 62.0 Å². The lowest BCUT2D eigenvalue weighted by molar-refractivity contribution is 0.0693. The second-order valence-electron chi connectivity index (χ2n) is 9.36. The summed E-state index contributed by atoms with van der Waals surface area (Å²) < 4.78 is 2.22. The molecule has 5 aromatic rings. The number of fused-ring (bicyclic) bond motifs is 1. The van der Waals surface area contributed by atoms with Crippen molar-refractivity contribution in [2.45, 2.75) is 20.8 Å². The van der Waals surface area contributed by atoms with Gasteiger partial charge in [-0.25, -0.2) is 4.79 Å². The minimum Gasteiger partial charge on any atom is -0.478 e. The molecule has 2 heterocycles. The van der Waals surface area contributed by atoms with Gasteiger partial charge in [-0.2, -0.15) is 0 Å². The van der Waals surface area contributed by atoms with E-state index < -0.39 is 17.3 Å². The summed E-state index contributed by atoms with van der Waals surface area (Å²) in [6.07, 6.45) is 2.11. The van der Waals surface area contributed by atoms with E-state index in [9.17, 15) is 14.7 Å². The fourth-order valence-electron chi connectivity index (χ4n) is 4.77. The zero-order chi connectivity index (χ0) is 30.6. The maximum Gasteiger partial charge on any atom is 0.338 e. The number of carboxylic acid groups (broad SMARTS) is 1. The van der Waals surface area contributed by atoms with Crippen LogP contribution in [0.2, 0.25) is 20.1 Å². The zero-order valence-corrected chi connectivity index (χ0v) is 26.2. The predicted octanol–water partition coefficient (Wildman–Crippen LogP) is 9.99. The molecular formula is C33H28Cl4N2O3. The summed E-state index contributed by atoms with van der Waals surface area (Å²) in [4.78, 5) is 26.6. The zero-order valence-electron chi connectivity index (χ0n) is 23.2. The first-order valence-electron chi connectivity index (χ1n) is 13.2. The van der Waals surface area contributed by atoms with E-state index in [1.54, 1.807) is 24.3 Å². The van der Waals surface area contributed by atoms with Gasteiger partial charge in [-0.3, -0.25) is 4.79 Å². The third-order valence-electron chi connectivity index (χ3n) is 6.99. The molecule has 9 heteroatoms. The highest BCUT2D eigenvalue weighted by Gasteiger charge is 2.29. The monoisotopic (exact) mass is 640 g/mol. The molecule has 0 radical (unpaired) electrons. The van der Waals surface area contributed by atoms with Gasteiger partial charge in [0, 0.05) is 47.3 Å². The Labute approximate surface area is 264 Å². The largest absolute Gasteiger partial charge is 0.478 e. The van der Waals surface area contributed by atoms with Gasteiger partial charge >= 0.3 is 5.97 Å². The van der Waals surface area contributed by atoms with Crippen LogP contribution < -0.4 is 4.90 Å². The molecule has 3 aromatic carbocycles. The summed E-state index contributed by atoms with van der Waals surface area (Å²) in [5.74, 6) is -2.02. The van der Waals surface area contributed by atoms with Crippen molar-refractivity contribution in [3.8, 4) is 11.1 Å². The van der Waals surface area contributed by atoms with Crippen molar-refractivity contribution in [3.63, 3.8) is 0 Å². The van der Waals surface area contributed by atoms with Gasteiger partial charge in [0.1, 0.15) is 0 Å². The normalized spacial score (nSPS) is 10.7. The van der Waals surface area contributed by atoms with Crippen molar-refractivity contribution >= 4 is 69.4 Å². The number of rotatable bonds is 7. The number of nitrogens with zero attached hydrogens (tertiary/aromatic N) is 2. The van der Waals surface area contributed by atoms with E-state index in [0.717, 1.165) is 18.8 Å². The minimum atomic E-state index is -1.42. The highest BCUT2D eigenvalue weighted by Crippen LogP contribution is 2.42. The molecule has 0 aliphatic rings. The number of ketones is 1. The number of hydrogen-bond donors (Lipinski definition) is 1. The number of halogens is 4. The molecule has 0 saturated heterocycles. The van der Waals surface area contributed by atoms with E-state index in [2.05, 4.69) is 77.0 Å². The van der Waals surface area contributed by atoms with E-state index in [1.165, 1.54) is 22.3 Å². The molecule has 2 aromatic heterocycles. The second kappa shape index (κ2) is 13.7. The van der Waals surface area contributed by atoms with Gasteiger partial charge in [0.25, 0.3) is 0 Å². The van der Waals surface area contributed by atoms with Gasteiger partial charge < -0.3 is 14.4 Å². The summed E-state index contributed by atoms with van der Waals surface area (Å²) >= 11 is 24.0. The maximum absolute atomic E-state index is 12.9. The Morgan fingerprint density at radius 1 is 0.762 bits per heavy atom. The molecule has 0 aliphatic carbocycles. The molecule has 5 nitrogen and oxygen atoms in total. The van der Waals surface area contributed by atoms with E-state index in [4.69, 9.17) is 46.4 Å². The number of carboxylic acids is 1. The van der Waals surface area contributed by atoms with Crippen molar-refractivity contribution in [3.05, 3.63) is 128 Å². The van der Waals surface area contributed by atoms with Crippen molar-refractivity contribution in [1.82, 2.24) is 4.40 Å². The van der Waals surface area contributed by atoms with Crippen molar-refractivity contribution in [2.24, 2.45) is 0 Å². The molecule has 0 unspecified atom stereocenters. The first-order chi connectivity index (χ1) is 20.1. The SMILES string of the molecule is CCN(CC)c1ccc(C(=O)c2c(Cl)c(Cl)c(Cl)c(Cl)c2C(=O)O)cc1.Cc1c(-c2ccccc2)cc2ccccn12. The average Bonchev–Trinajstić information content (AvgIpc) is 3.35. The molecule has 0 fully saturated rings. The van der Waals surface area contributed by atoms with Gasteiger partial charge in [0.15, 0.2) is 5.78 Å². The summed E-state index contributed by atoms with van der Waals surface area (Å²) in [5, 5.41) is 8.53. The third-order valence-corrected chi connectivity index (χ3v) is 8.79. The molecular weight excluding hydrogens is 614 g/mol. The van der Waals surface area contributed by atoms with Gasteiger partial charge in [-0.15, -0.1) is 0 Å².